The molecular weight excluding hydrogens is 273 g/mol. The van der Waals surface area contributed by atoms with E-state index < -0.39 is 5.97 Å². The van der Waals surface area contributed by atoms with Crippen LogP contribution in [0.4, 0.5) is 5.69 Å². The van der Waals surface area contributed by atoms with Crippen molar-refractivity contribution in [3.63, 3.8) is 0 Å². The second-order valence-electron chi connectivity index (χ2n) is 4.05. The average molecular weight is 290 g/mol. The van der Waals surface area contributed by atoms with Crippen LogP contribution in [0.15, 0.2) is 18.2 Å². The number of para-hydroxylation sites is 1. The molecule has 0 spiro atoms. The van der Waals surface area contributed by atoms with Crippen molar-refractivity contribution >= 4 is 34.9 Å². The van der Waals surface area contributed by atoms with Crippen molar-refractivity contribution in [2.75, 3.05) is 18.0 Å². The molecule has 0 heterocycles. The molecule has 0 aliphatic heterocycles. The summed E-state index contributed by atoms with van der Waals surface area (Å²) in [7, 11) is 0. The summed E-state index contributed by atoms with van der Waals surface area (Å²) in [6.07, 6.45) is 2.08. The second-order valence-corrected chi connectivity index (χ2v) is 4.87. The van der Waals surface area contributed by atoms with Gasteiger partial charge in [-0.25, -0.2) is 0 Å². The highest BCUT2D eigenvalue weighted by atomic mass is 35.5. The molecule has 0 fully saturated rings. The van der Waals surface area contributed by atoms with E-state index in [0.717, 1.165) is 25.1 Å². The molecule has 1 rings (SSSR count). The minimum Gasteiger partial charge on any atom is -0.481 e. The molecule has 18 heavy (non-hydrogen) atoms. The Kier molecular flexibility index (Phi) is 6.30. The lowest BCUT2D eigenvalue weighted by atomic mass is 10.2. The lowest BCUT2D eigenvalue weighted by Gasteiger charge is -2.26. The summed E-state index contributed by atoms with van der Waals surface area (Å²) in [6, 6.07) is 5.31. The molecule has 0 unspecified atom stereocenters. The zero-order valence-electron chi connectivity index (χ0n) is 10.3. The Morgan fingerprint density at radius 3 is 2.39 bits per heavy atom. The smallest absolute Gasteiger partial charge is 0.305 e. The number of benzene rings is 1. The first-order valence-corrected chi connectivity index (χ1v) is 6.72. The first-order chi connectivity index (χ1) is 8.56. The van der Waals surface area contributed by atoms with Crippen molar-refractivity contribution in [3.8, 4) is 0 Å². The maximum absolute atomic E-state index is 10.7. The van der Waals surface area contributed by atoms with Crippen LogP contribution in [0.25, 0.3) is 0 Å². The predicted octanol–water partition coefficient (Wildman–Crippen LogP) is 4.07. The lowest BCUT2D eigenvalue weighted by molar-refractivity contribution is -0.136. The van der Waals surface area contributed by atoms with Gasteiger partial charge >= 0.3 is 5.97 Å². The van der Waals surface area contributed by atoms with Gasteiger partial charge in [0.15, 0.2) is 0 Å². The fraction of sp³-hybridized carbons (Fsp3) is 0.462. The van der Waals surface area contributed by atoms with Gasteiger partial charge in [-0.1, -0.05) is 42.6 Å². The highest BCUT2D eigenvalue weighted by molar-refractivity contribution is 6.39. The summed E-state index contributed by atoms with van der Waals surface area (Å²) >= 11 is 12.3. The third-order valence-electron chi connectivity index (χ3n) is 2.63. The molecular formula is C13H17Cl2NO2. The van der Waals surface area contributed by atoms with E-state index in [9.17, 15) is 4.79 Å². The highest BCUT2D eigenvalue weighted by Gasteiger charge is 2.14. The van der Waals surface area contributed by atoms with Crippen molar-refractivity contribution < 1.29 is 9.90 Å². The van der Waals surface area contributed by atoms with Crippen LogP contribution < -0.4 is 4.90 Å². The summed E-state index contributed by atoms with van der Waals surface area (Å²) in [5, 5.41) is 9.90. The minimum absolute atomic E-state index is 0.0747. The Balaban J connectivity index is 2.89. The number of carboxylic acids is 1. The third kappa shape index (κ3) is 4.39. The van der Waals surface area contributed by atoms with Crippen LogP contribution in [0.3, 0.4) is 0 Å². The molecule has 0 aliphatic rings. The summed E-state index contributed by atoms with van der Waals surface area (Å²) in [5.74, 6) is -0.820. The van der Waals surface area contributed by atoms with E-state index in [-0.39, 0.29) is 6.42 Å². The van der Waals surface area contributed by atoms with E-state index in [2.05, 4.69) is 6.92 Å². The molecule has 100 valence electrons. The SMILES string of the molecule is CCCCN(CCC(=O)O)c1c(Cl)cccc1Cl. The summed E-state index contributed by atoms with van der Waals surface area (Å²) in [6.45, 7) is 3.26. The molecule has 0 bridgehead atoms. The molecule has 5 heteroatoms. The van der Waals surface area contributed by atoms with Crippen molar-refractivity contribution in [2.24, 2.45) is 0 Å². The molecule has 0 saturated carbocycles. The van der Waals surface area contributed by atoms with Crippen LogP contribution >= 0.6 is 23.2 Å². The zero-order valence-corrected chi connectivity index (χ0v) is 11.8. The van der Waals surface area contributed by atoms with Crippen LogP contribution in [0.5, 0.6) is 0 Å². The number of hydrogen-bond acceptors (Lipinski definition) is 2. The maximum atomic E-state index is 10.7. The van der Waals surface area contributed by atoms with E-state index in [1.807, 2.05) is 4.90 Å². The predicted molar refractivity (Wildman–Crippen MR) is 75.8 cm³/mol. The second kappa shape index (κ2) is 7.49. The normalized spacial score (nSPS) is 10.4. The Morgan fingerprint density at radius 2 is 1.89 bits per heavy atom. The minimum atomic E-state index is -0.820. The van der Waals surface area contributed by atoms with Gasteiger partial charge in [0.25, 0.3) is 0 Å². The van der Waals surface area contributed by atoms with Gasteiger partial charge in [0, 0.05) is 13.1 Å². The number of anilines is 1. The summed E-state index contributed by atoms with van der Waals surface area (Å²) in [5.41, 5.74) is 0.732. The average Bonchev–Trinajstić information content (AvgIpc) is 2.31. The standard InChI is InChI=1S/C13H17Cl2NO2/c1-2-3-8-16(9-7-12(17)18)13-10(14)5-4-6-11(13)15/h4-6H,2-3,7-9H2,1H3,(H,17,18). The van der Waals surface area contributed by atoms with E-state index in [0.29, 0.717) is 16.6 Å². The third-order valence-corrected chi connectivity index (χ3v) is 3.24. The number of unbranched alkanes of at least 4 members (excludes halogenated alkanes) is 1. The van der Waals surface area contributed by atoms with Crippen molar-refractivity contribution in [1.29, 1.82) is 0 Å². The fourth-order valence-corrected chi connectivity index (χ4v) is 2.34. The van der Waals surface area contributed by atoms with E-state index in [4.69, 9.17) is 28.3 Å². The number of carbonyl (C=O) groups is 1. The van der Waals surface area contributed by atoms with Gasteiger partial charge in [0.1, 0.15) is 0 Å². The number of rotatable bonds is 7. The van der Waals surface area contributed by atoms with Gasteiger partial charge in [-0.15, -0.1) is 0 Å². The van der Waals surface area contributed by atoms with Crippen LogP contribution in [0.2, 0.25) is 10.0 Å². The number of halogens is 2. The quantitative estimate of drug-likeness (QED) is 0.822. The molecule has 1 N–H and O–H groups in total. The molecule has 0 saturated heterocycles. The Bertz CT molecular complexity index is 390. The molecule has 0 aliphatic carbocycles. The van der Waals surface area contributed by atoms with Gasteiger partial charge in [0.2, 0.25) is 0 Å². The summed E-state index contributed by atoms with van der Waals surface area (Å²) < 4.78 is 0. The van der Waals surface area contributed by atoms with Crippen LogP contribution in [0, 0.1) is 0 Å². The van der Waals surface area contributed by atoms with Crippen LogP contribution in [-0.4, -0.2) is 24.2 Å². The molecule has 3 nitrogen and oxygen atoms in total. The van der Waals surface area contributed by atoms with Crippen LogP contribution in [-0.2, 0) is 4.79 Å². The Hall–Kier alpha value is -0.930. The van der Waals surface area contributed by atoms with Gasteiger partial charge < -0.3 is 10.0 Å². The molecule has 0 atom stereocenters. The Morgan fingerprint density at radius 1 is 1.28 bits per heavy atom. The largest absolute Gasteiger partial charge is 0.481 e. The van der Waals surface area contributed by atoms with Crippen molar-refractivity contribution in [2.45, 2.75) is 26.2 Å². The molecule has 0 aromatic heterocycles. The number of nitrogens with zero attached hydrogens (tertiary/aromatic N) is 1. The number of carboxylic acid groups (broad SMARTS) is 1. The number of aliphatic carboxylic acids is 1. The van der Waals surface area contributed by atoms with E-state index in [1.165, 1.54) is 0 Å². The molecule has 0 radical (unpaired) electrons. The van der Waals surface area contributed by atoms with Gasteiger partial charge in [0.05, 0.1) is 22.2 Å². The maximum Gasteiger partial charge on any atom is 0.305 e. The lowest BCUT2D eigenvalue weighted by Crippen LogP contribution is -2.27. The summed E-state index contributed by atoms with van der Waals surface area (Å²) in [4.78, 5) is 12.6. The first kappa shape index (κ1) is 15.1. The zero-order chi connectivity index (χ0) is 13.5. The Labute approximate surface area is 117 Å². The van der Waals surface area contributed by atoms with E-state index in [1.54, 1.807) is 18.2 Å². The fourth-order valence-electron chi connectivity index (χ4n) is 1.71. The first-order valence-electron chi connectivity index (χ1n) is 5.97. The highest BCUT2D eigenvalue weighted by Crippen LogP contribution is 2.33. The van der Waals surface area contributed by atoms with Crippen molar-refractivity contribution in [1.82, 2.24) is 0 Å². The molecule has 0 amide bonds. The monoisotopic (exact) mass is 289 g/mol. The van der Waals surface area contributed by atoms with Crippen molar-refractivity contribution in [3.05, 3.63) is 28.2 Å². The van der Waals surface area contributed by atoms with Gasteiger partial charge in [-0.05, 0) is 18.6 Å². The molecule has 1 aromatic carbocycles. The topological polar surface area (TPSA) is 40.5 Å². The van der Waals surface area contributed by atoms with Crippen LogP contribution in [0.1, 0.15) is 26.2 Å². The van der Waals surface area contributed by atoms with Gasteiger partial charge in [-0.2, -0.15) is 0 Å². The van der Waals surface area contributed by atoms with Gasteiger partial charge in [-0.3, -0.25) is 4.79 Å². The number of hydrogen-bond donors (Lipinski definition) is 1. The van der Waals surface area contributed by atoms with E-state index >= 15 is 0 Å². The molecule has 1 aromatic rings.